The van der Waals surface area contributed by atoms with E-state index in [1.54, 1.807) is 11.3 Å². The van der Waals surface area contributed by atoms with Gasteiger partial charge in [0.15, 0.2) is 11.6 Å². The highest BCUT2D eigenvalue weighted by Crippen LogP contribution is 2.36. The molecule has 0 aliphatic rings. The van der Waals surface area contributed by atoms with Crippen molar-refractivity contribution in [2.75, 3.05) is 0 Å². The summed E-state index contributed by atoms with van der Waals surface area (Å²) >= 11 is 8.24. The lowest BCUT2D eigenvalue weighted by molar-refractivity contribution is 1.07. The molecule has 0 fully saturated rings. The Labute approximate surface area is 264 Å². The maximum Gasteiger partial charge on any atom is 0.226 e. The van der Waals surface area contributed by atoms with Gasteiger partial charge < -0.3 is 0 Å². The number of nitrogens with zero attached hydrogens (tertiary/aromatic N) is 3. The van der Waals surface area contributed by atoms with Crippen LogP contribution in [0.3, 0.4) is 0 Å². The molecule has 3 nitrogen and oxygen atoms in total. The summed E-state index contributed by atoms with van der Waals surface area (Å²) in [6.07, 6.45) is 0. The van der Waals surface area contributed by atoms with Crippen molar-refractivity contribution in [3.63, 3.8) is 0 Å². The van der Waals surface area contributed by atoms with Crippen LogP contribution in [-0.4, -0.2) is 15.0 Å². The van der Waals surface area contributed by atoms with Gasteiger partial charge in [-0.05, 0) is 88.8 Å². The van der Waals surface area contributed by atoms with E-state index in [2.05, 4.69) is 133 Å². The molecule has 5 heteroatoms. The molecule has 0 spiro atoms. The number of halogens is 1. The number of benzene rings is 6. The minimum Gasteiger partial charge on any atom is -0.208 e. The first-order valence-corrected chi connectivity index (χ1v) is 15.7. The Morgan fingerprint density at radius 1 is 0.455 bits per heavy atom. The maximum atomic E-state index is 6.47. The van der Waals surface area contributed by atoms with Crippen LogP contribution in [0.2, 0.25) is 5.28 Å². The molecule has 0 bridgehead atoms. The standard InChI is InChI=1S/C39H26ClN3S/c1-23-16-24(2)18-32(17-23)29-13-12-27-19-26(10-11-28(27)20-29)25-6-5-7-30(21-25)37-41-38(43-39(40)42-37)31-14-15-34-33-8-3-4-9-35(33)44-36(34)22-31/h3-22H,1-2H3. The number of aryl methyl sites for hydroxylation is 2. The Balaban J connectivity index is 1.14. The van der Waals surface area contributed by atoms with Crippen molar-refractivity contribution in [3.8, 4) is 45.0 Å². The SMILES string of the molecule is Cc1cc(C)cc(-c2ccc3cc(-c4cccc(-c5nc(Cl)nc(-c6ccc7c(c6)sc6ccccc67)n5)c4)ccc3c2)c1. The van der Waals surface area contributed by atoms with Crippen LogP contribution in [-0.2, 0) is 0 Å². The monoisotopic (exact) mass is 603 g/mol. The quantitative estimate of drug-likeness (QED) is 0.201. The largest absolute Gasteiger partial charge is 0.226 e. The molecule has 8 aromatic rings. The summed E-state index contributed by atoms with van der Waals surface area (Å²) < 4.78 is 2.46. The summed E-state index contributed by atoms with van der Waals surface area (Å²) in [5.41, 5.74) is 9.06. The van der Waals surface area contributed by atoms with Crippen LogP contribution in [0.1, 0.15) is 11.1 Å². The molecule has 0 atom stereocenters. The second-order valence-electron chi connectivity index (χ2n) is 11.3. The molecule has 2 heterocycles. The van der Waals surface area contributed by atoms with Crippen molar-refractivity contribution in [1.29, 1.82) is 0 Å². The summed E-state index contributed by atoms with van der Waals surface area (Å²) in [6.45, 7) is 4.30. The van der Waals surface area contributed by atoms with Crippen LogP contribution in [0, 0.1) is 13.8 Å². The number of aromatic nitrogens is 3. The molecule has 6 aromatic carbocycles. The van der Waals surface area contributed by atoms with Crippen molar-refractivity contribution in [1.82, 2.24) is 15.0 Å². The van der Waals surface area contributed by atoms with Crippen LogP contribution >= 0.6 is 22.9 Å². The molecule has 0 N–H and O–H groups in total. The molecule has 0 saturated carbocycles. The number of fused-ring (bicyclic) bond motifs is 4. The van der Waals surface area contributed by atoms with Gasteiger partial charge in [0.05, 0.1) is 0 Å². The van der Waals surface area contributed by atoms with E-state index in [9.17, 15) is 0 Å². The van der Waals surface area contributed by atoms with Crippen molar-refractivity contribution in [2.45, 2.75) is 13.8 Å². The van der Waals surface area contributed by atoms with E-state index in [0.29, 0.717) is 11.6 Å². The van der Waals surface area contributed by atoms with E-state index in [4.69, 9.17) is 16.6 Å². The predicted molar refractivity (Wildman–Crippen MR) is 186 cm³/mol. The summed E-state index contributed by atoms with van der Waals surface area (Å²) in [5, 5.41) is 5.09. The molecule has 0 aliphatic carbocycles. The Morgan fingerprint density at radius 2 is 1.05 bits per heavy atom. The highest BCUT2D eigenvalue weighted by molar-refractivity contribution is 7.25. The molecule has 0 saturated heterocycles. The van der Waals surface area contributed by atoms with Gasteiger partial charge in [-0.15, -0.1) is 11.3 Å². The third kappa shape index (κ3) is 4.92. The van der Waals surface area contributed by atoms with Gasteiger partial charge in [-0.1, -0.05) is 102 Å². The molecule has 8 rings (SSSR count). The number of thiophene rings is 1. The molecule has 0 amide bonds. The molecular weight excluding hydrogens is 578 g/mol. The molecule has 2 aromatic heterocycles. The predicted octanol–water partition coefficient (Wildman–Crippen LogP) is 11.3. The zero-order valence-electron chi connectivity index (χ0n) is 24.2. The van der Waals surface area contributed by atoms with Gasteiger partial charge in [0, 0.05) is 31.3 Å². The van der Waals surface area contributed by atoms with E-state index in [0.717, 1.165) is 22.3 Å². The first-order chi connectivity index (χ1) is 21.5. The second-order valence-corrected chi connectivity index (χ2v) is 12.7. The van der Waals surface area contributed by atoms with Crippen LogP contribution in [0.25, 0.3) is 76.0 Å². The van der Waals surface area contributed by atoms with E-state index < -0.39 is 0 Å². The van der Waals surface area contributed by atoms with Gasteiger partial charge in [0.1, 0.15) is 0 Å². The first-order valence-electron chi connectivity index (χ1n) is 14.5. The van der Waals surface area contributed by atoms with Gasteiger partial charge in [-0.3, -0.25) is 0 Å². The average Bonchev–Trinajstić information content (AvgIpc) is 3.41. The first kappa shape index (κ1) is 26.7. The van der Waals surface area contributed by atoms with Crippen LogP contribution in [0.15, 0.2) is 121 Å². The lowest BCUT2D eigenvalue weighted by Gasteiger charge is -2.10. The fourth-order valence-electron chi connectivity index (χ4n) is 6.06. The number of hydrogen-bond acceptors (Lipinski definition) is 4. The van der Waals surface area contributed by atoms with E-state index in [1.165, 1.54) is 53.2 Å². The summed E-state index contributed by atoms with van der Waals surface area (Å²) in [6, 6.07) is 43.1. The lowest BCUT2D eigenvalue weighted by atomic mass is 9.96. The van der Waals surface area contributed by atoms with Gasteiger partial charge in [-0.2, -0.15) is 9.97 Å². The number of rotatable bonds is 4. The van der Waals surface area contributed by atoms with Crippen LogP contribution < -0.4 is 0 Å². The molecular formula is C39H26ClN3S. The molecule has 44 heavy (non-hydrogen) atoms. The van der Waals surface area contributed by atoms with Crippen LogP contribution in [0.5, 0.6) is 0 Å². The topological polar surface area (TPSA) is 38.7 Å². The van der Waals surface area contributed by atoms with Crippen molar-refractivity contribution in [2.24, 2.45) is 0 Å². The van der Waals surface area contributed by atoms with Crippen LogP contribution in [0.4, 0.5) is 0 Å². The Hall–Kier alpha value is -4.90. The minimum atomic E-state index is 0.178. The highest BCUT2D eigenvalue weighted by atomic mass is 35.5. The van der Waals surface area contributed by atoms with Gasteiger partial charge in [0.2, 0.25) is 5.28 Å². The fraction of sp³-hybridized carbons (Fsp3) is 0.0513. The average molecular weight is 604 g/mol. The summed E-state index contributed by atoms with van der Waals surface area (Å²) in [4.78, 5) is 13.9. The molecule has 0 unspecified atom stereocenters. The van der Waals surface area contributed by atoms with E-state index in [-0.39, 0.29) is 5.28 Å². The van der Waals surface area contributed by atoms with Gasteiger partial charge >= 0.3 is 0 Å². The van der Waals surface area contributed by atoms with Gasteiger partial charge in [-0.25, -0.2) is 4.98 Å². The lowest BCUT2D eigenvalue weighted by Crippen LogP contribution is -1.97. The molecule has 0 aliphatic heterocycles. The summed E-state index contributed by atoms with van der Waals surface area (Å²) in [5.74, 6) is 1.12. The third-order valence-electron chi connectivity index (χ3n) is 8.09. The zero-order valence-corrected chi connectivity index (χ0v) is 25.7. The van der Waals surface area contributed by atoms with Crippen molar-refractivity contribution < 1.29 is 0 Å². The van der Waals surface area contributed by atoms with E-state index >= 15 is 0 Å². The second kappa shape index (κ2) is 10.7. The van der Waals surface area contributed by atoms with Crippen molar-refractivity contribution in [3.05, 3.63) is 138 Å². The Morgan fingerprint density at radius 3 is 1.80 bits per heavy atom. The van der Waals surface area contributed by atoms with E-state index in [1.807, 2.05) is 12.1 Å². The third-order valence-corrected chi connectivity index (χ3v) is 9.40. The number of hydrogen-bond donors (Lipinski definition) is 0. The molecule has 210 valence electrons. The highest BCUT2D eigenvalue weighted by Gasteiger charge is 2.13. The normalized spacial score (nSPS) is 11.5. The Bertz CT molecular complexity index is 2370. The molecule has 0 radical (unpaired) electrons. The van der Waals surface area contributed by atoms with Gasteiger partial charge in [0.25, 0.3) is 0 Å². The summed E-state index contributed by atoms with van der Waals surface area (Å²) in [7, 11) is 0. The van der Waals surface area contributed by atoms with Crippen molar-refractivity contribution >= 4 is 53.9 Å². The smallest absolute Gasteiger partial charge is 0.208 e. The maximum absolute atomic E-state index is 6.47. The zero-order chi connectivity index (χ0) is 29.8. The fourth-order valence-corrected chi connectivity index (χ4v) is 7.36. The Kier molecular flexibility index (Phi) is 6.48. The minimum absolute atomic E-state index is 0.178.